The van der Waals surface area contributed by atoms with Crippen LogP contribution in [0.3, 0.4) is 0 Å². The van der Waals surface area contributed by atoms with Gasteiger partial charge in [-0.2, -0.15) is 4.98 Å². The second kappa shape index (κ2) is 8.54. The summed E-state index contributed by atoms with van der Waals surface area (Å²) in [6, 6.07) is 6.40. The molecule has 3 rings (SSSR count). The Morgan fingerprint density at radius 3 is 2.66 bits per heavy atom. The van der Waals surface area contributed by atoms with Crippen LogP contribution in [0.1, 0.15) is 18.4 Å². The third-order valence-electron chi connectivity index (χ3n) is 4.20. The minimum absolute atomic E-state index is 0.0333. The lowest BCUT2D eigenvalue weighted by Gasteiger charge is -2.15. The first-order valence-electron chi connectivity index (χ1n) is 8.68. The number of rotatable bonds is 5. The smallest absolute Gasteiger partial charge is 0.331 e. The summed E-state index contributed by atoms with van der Waals surface area (Å²) in [5.41, 5.74) is 0.967. The third kappa shape index (κ3) is 4.52. The summed E-state index contributed by atoms with van der Waals surface area (Å²) in [7, 11) is 0. The van der Waals surface area contributed by atoms with Crippen molar-refractivity contribution in [1.82, 2.24) is 20.5 Å². The molecule has 0 aliphatic heterocycles. The molecule has 2 amide bonds. The van der Waals surface area contributed by atoms with E-state index in [0.717, 1.165) is 11.1 Å². The van der Waals surface area contributed by atoms with Crippen LogP contribution in [-0.2, 0) is 6.54 Å². The summed E-state index contributed by atoms with van der Waals surface area (Å²) in [6.45, 7) is 3.54. The second-order valence-electron chi connectivity index (χ2n) is 6.20. The zero-order valence-electron chi connectivity index (χ0n) is 15.7. The average Bonchev–Trinajstić information content (AvgIpc) is 3.11. The molecule has 0 radical (unpaired) electrons. The lowest BCUT2D eigenvalue weighted by Crippen LogP contribution is -2.44. The highest BCUT2D eigenvalue weighted by molar-refractivity contribution is 6.31. The Kier molecular flexibility index (Phi) is 6.09. The Morgan fingerprint density at radius 2 is 2.03 bits per heavy atom. The molecule has 3 N–H and O–H groups in total. The molecule has 29 heavy (non-hydrogen) atoms. The maximum Gasteiger partial charge on any atom is 0.331 e. The van der Waals surface area contributed by atoms with E-state index in [1.807, 2.05) is 0 Å². The van der Waals surface area contributed by atoms with Crippen LogP contribution in [0.4, 0.5) is 13.6 Å². The normalized spacial score (nSPS) is 10.8. The summed E-state index contributed by atoms with van der Waals surface area (Å²) in [6.07, 6.45) is 0. The summed E-state index contributed by atoms with van der Waals surface area (Å²) in [5, 5.41) is 7.38. The number of aromatic nitrogens is 2. The third-order valence-corrected chi connectivity index (χ3v) is 4.42. The first-order chi connectivity index (χ1) is 13.8. The van der Waals surface area contributed by atoms with Gasteiger partial charge >= 0.3 is 6.03 Å². The Hall–Kier alpha value is -3.04. The molecule has 0 saturated heterocycles. The van der Waals surface area contributed by atoms with Crippen molar-refractivity contribution < 1.29 is 18.1 Å². The van der Waals surface area contributed by atoms with Crippen molar-refractivity contribution in [3.8, 4) is 22.5 Å². The van der Waals surface area contributed by atoms with E-state index in [4.69, 9.17) is 22.0 Å². The van der Waals surface area contributed by atoms with Crippen molar-refractivity contribution >= 4 is 17.6 Å². The van der Waals surface area contributed by atoms with E-state index in [2.05, 4.69) is 15.5 Å². The number of carbonyl (C=O) groups is 1. The minimum Gasteiger partial charge on any atom is -0.339 e. The van der Waals surface area contributed by atoms with E-state index in [0.29, 0.717) is 17.7 Å². The number of nitrogens with one attached hydrogen (secondary N) is 1. The van der Waals surface area contributed by atoms with Crippen LogP contribution in [0.15, 0.2) is 34.9 Å². The van der Waals surface area contributed by atoms with E-state index in [-0.39, 0.29) is 34.4 Å². The molecule has 0 saturated carbocycles. The Labute approximate surface area is 170 Å². The zero-order valence-corrected chi connectivity index (χ0v) is 16.4. The van der Waals surface area contributed by atoms with Gasteiger partial charge in [0.2, 0.25) is 11.7 Å². The van der Waals surface area contributed by atoms with Crippen molar-refractivity contribution in [1.29, 1.82) is 0 Å². The van der Waals surface area contributed by atoms with Gasteiger partial charge in [-0.3, -0.25) is 5.01 Å². The monoisotopic (exact) mass is 421 g/mol. The fraction of sp³-hybridized carbons (Fsp3) is 0.211. The molecule has 1 aromatic heterocycles. The van der Waals surface area contributed by atoms with Crippen LogP contribution in [0.25, 0.3) is 22.5 Å². The highest BCUT2D eigenvalue weighted by Gasteiger charge is 2.20. The number of carbonyl (C=O) groups excluding carboxylic acids is 1. The van der Waals surface area contributed by atoms with E-state index in [1.165, 1.54) is 18.2 Å². The van der Waals surface area contributed by atoms with Gasteiger partial charge in [-0.05, 0) is 36.2 Å². The fourth-order valence-corrected chi connectivity index (χ4v) is 2.91. The number of halogens is 3. The van der Waals surface area contributed by atoms with Gasteiger partial charge in [0.25, 0.3) is 0 Å². The molecule has 0 spiro atoms. The van der Waals surface area contributed by atoms with Crippen LogP contribution in [-0.4, -0.2) is 27.7 Å². The van der Waals surface area contributed by atoms with E-state index in [9.17, 15) is 13.6 Å². The predicted octanol–water partition coefficient (Wildman–Crippen LogP) is 4.05. The summed E-state index contributed by atoms with van der Waals surface area (Å²) in [4.78, 5) is 15.8. The van der Waals surface area contributed by atoms with Crippen molar-refractivity contribution in [2.45, 2.75) is 20.4 Å². The van der Waals surface area contributed by atoms with E-state index in [1.54, 1.807) is 19.9 Å². The summed E-state index contributed by atoms with van der Waals surface area (Å²) in [5.74, 6) is 4.53. The average molecular weight is 422 g/mol. The number of urea groups is 1. The summed E-state index contributed by atoms with van der Waals surface area (Å²) >= 11 is 6.00. The molecule has 0 atom stereocenters. The highest BCUT2D eigenvalue weighted by atomic mass is 35.5. The van der Waals surface area contributed by atoms with E-state index < -0.39 is 17.7 Å². The molecular formula is C19H18ClF2N5O2. The molecule has 0 aliphatic carbocycles. The lowest BCUT2D eigenvalue weighted by molar-refractivity contribution is 0.201. The topological polar surface area (TPSA) is 97.3 Å². The second-order valence-corrected chi connectivity index (χ2v) is 6.63. The van der Waals surface area contributed by atoms with Gasteiger partial charge in [0.15, 0.2) is 0 Å². The molecule has 10 heteroatoms. The molecule has 7 nitrogen and oxygen atoms in total. The molecule has 1 heterocycles. The van der Waals surface area contributed by atoms with Crippen LogP contribution in [0.5, 0.6) is 0 Å². The fourth-order valence-electron chi connectivity index (χ4n) is 2.70. The predicted molar refractivity (Wildman–Crippen MR) is 104 cm³/mol. The van der Waals surface area contributed by atoms with Crippen LogP contribution >= 0.6 is 11.6 Å². The molecular weight excluding hydrogens is 404 g/mol. The maximum absolute atomic E-state index is 14.6. The maximum atomic E-state index is 14.6. The lowest BCUT2D eigenvalue weighted by atomic mass is 9.97. The Bertz CT molecular complexity index is 1060. The Morgan fingerprint density at radius 1 is 1.28 bits per heavy atom. The number of nitrogens with zero attached hydrogens (tertiary/aromatic N) is 3. The largest absolute Gasteiger partial charge is 0.339 e. The first-order valence-corrected chi connectivity index (χ1v) is 9.06. The van der Waals surface area contributed by atoms with Gasteiger partial charge in [0, 0.05) is 30.6 Å². The number of hydrogen-bond donors (Lipinski definition) is 2. The zero-order chi connectivity index (χ0) is 21.1. The van der Waals surface area contributed by atoms with Gasteiger partial charge in [-0.1, -0.05) is 28.9 Å². The molecule has 0 aliphatic rings. The van der Waals surface area contributed by atoms with Gasteiger partial charge < -0.3 is 9.84 Å². The van der Waals surface area contributed by atoms with Gasteiger partial charge in [0.1, 0.15) is 11.6 Å². The van der Waals surface area contributed by atoms with Crippen molar-refractivity contribution in [2.75, 3.05) is 6.54 Å². The van der Waals surface area contributed by atoms with Gasteiger partial charge in [-0.25, -0.2) is 19.4 Å². The van der Waals surface area contributed by atoms with Crippen molar-refractivity contribution in [3.63, 3.8) is 0 Å². The van der Waals surface area contributed by atoms with Crippen molar-refractivity contribution in [3.05, 3.63) is 58.4 Å². The minimum atomic E-state index is -0.660. The van der Waals surface area contributed by atoms with Crippen LogP contribution < -0.4 is 11.2 Å². The number of benzene rings is 2. The van der Waals surface area contributed by atoms with Gasteiger partial charge in [0.05, 0.1) is 5.56 Å². The number of hydrogen-bond acceptors (Lipinski definition) is 5. The molecule has 0 unspecified atom stereocenters. The molecule has 152 valence electrons. The van der Waals surface area contributed by atoms with Crippen molar-refractivity contribution in [2.24, 2.45) is 5.84 Å². The van der Waals surface area contributed by atoms with Gasteiger partial charge in [-0.15, -0.1) is 0 Å². The molecule has 3 aromatic rings. The Balaban J connectivity index is 1.95. The first kappa shape index (κ1) is 20.7. The van der Waals surface area contributed by atoms with Crippen LogP contribution in [0.2, 0.25) is 5.02 Å². The molecule has 0 fully saturated rings. The molecule has 0 bridgehead atoms. The highest BCUT2D eigenvalue weighted by Crippen LogP contribution is 2.36. The summed E-state index contributed by atoms with van der Waals surface area (Å²) < 4.78 is 34.2. The number of hydrazine groups is 1. The van der Waals surface area contributed by atoms with E-state index >= 15 is 0 Å². The number of aryl methyl sites for hydroxylation is 1. The quantitative estimate of drug-likeness (QED) is 0.368. The standard InChI is InChI=1S/C19H18ClF2N5O2/c1-3-27(23)19(28)24-9-12-5-4-11(6-15(12)21)14-7-13(20)8-16(22)17(14)18-25-10(2)29-26-18/h4-8H,3,9,23H2,1-2H3,(H,24,28). The van der Waals surface area contributed by atoms with Crippen LogP contribution in [0, 0.1) is 18.6 Å². The molecule has 2 aromatic carbocycles. The number of nitrogens with two attached hydrogens (primary N) is 1. The number of amides is 2. The SMILES string of the molecule is CCN(N)C(=O)NCc1ccc(-c2cc(Cl)cc(F)c2-c2noc(C)n2)cc1F.